The quantitative estimate of drug-likeness (QED) is 0.931. The maximum absolute atomic E-state index is 12.3. The fourth-order valence-electron chi connectivity index (χ4n) is 1.93. The summed E-state index contributed by atoms with van der Waals surface area (Å²) in [7, 11) is 3.18. The Morgan fingerprint density at radius 1 is 1.40 bits per heavy atom. The molecule has 0 aliphatic heterocycles. The fourth-order valence-corrected chi connectivity index (χ4v) is 1.93. The third-order valence-electron chi connectivity index (χ3n) is 3.16. The van der Waals surface area contributed by atoms with Gasteiger partial charge in [-0.1, -0.05) is 0 Å². The van der Waals surface area contributed by atoms with E-state index in [1.807, 2.05) is 13.0 Å². The zero-order chi connectivity index (χ0) is 14.7. The Labute approximate surface area is 117 Å². The molecule has 1 aromatic carbocycles. The Balaban J connectivity index is 2.16. The maximum Gasteiger partial charge on any atom is 0.257 e. The van der Waals surface area contributed by atoms with Crippen molar-refractivity contribution in [3.63, 3.8) is 0 Å². The molecule has 0 unspecified atom stereocenters. The van der Waals surface area contributed by atoms with Crippen LogP contribution in [-0.2, 0) is 6.54 Å². The highest BCUT2D eigenvalue weighted by molar-refractivity contribution is 5.96. The average molecular weight is 275 g/mol. The first-order valence-corrected chi connectivity index (χ1v) is 6.18. The minimum absolute atomic E-state index is 0.0925. The number of carbonyl (C=O) groups is 1. The van der Waals surface area contributed by atoms with Crippen molar-refractivity contribution < 1.29 is 19.1 Å². The molecule has 0 saturated heterocycles. The van der Waals surface area contributed by atoms with Gasteiger partial charge in [0, 0.05) is 25.2 Å². The number of hydrogen-bond acceptors (Lipinski definition) is 4. The van der Waals surface area contributed by atoms with E-state index < -0.39 is 0 Å². The lowest BCUT2D eigenvalue weighted by molar-refractivity contribution is 0.0781. The summed E-state index contributed by atoms with van der Waals surface area (Å²) in [6.07, 6.45) is 1.59. The molecule has 1 N–H and O–H groups in total. The summed E-state index contributed by atoms with van der Waals surface area (Å²) in [4.78, 5) is 13.8. The highest BCUT2D eigenvalue weighted by atomic mass is 16.5. The van der Waals surface area contributed by atoms with Crippen molar-refractivity contribution in [3.05, 3.63) is 47.4 Å². The number of aromatic hydroxyl groups is 1. The van der Waals surface area contributed by atoms with Gasteiger partial charge in [-0.15, -0.1) is 0 Å². The number of benzene rings is 1. The summed E-state index contributed by atoms with van der Waals surface area (Å²) >= 11 is 0. The average Bonchev–Trinajstić information content (AvgIpc) is 2.83. The van der Waals surface area contributed by atoms with Gasteiger partial charge in [-0.2, -0.15) is 0 Å². The van der Waals surface area contributed by atoms with Gasteiger partial charge in [0.2, 0.25) is 0 Å². The molecule has 0 radical (unpaired) electrons. The SMILES string of the molecule is COc1ccc(C(=O)N(C)Cc2ccoc2C)c(O)c1. The van der Waals surface area contributed by atoms with Gasteiger partial charge in [-0.05, 0) is 25.1 Å². The summed E-state index contributed by atoms with van der Waals surface area (Å²) in [5.74, 6) is 0.937. The molecule has 1 amide bonds. The van der Waals surface area contributed by atoms with Gasteiger partial charge in [0.05, 0.1) is 18.9 Å². The molecule has 2 aromatic rings. The maximum atomic E-state index is 12.3. The molecular weight excluding hydrogens is 258 g/mol. The zero-order valence-electron chi connectivity index (χ0n) is 11.7. The van der Waals surface area contributed by atoms with E-state index >= 15 is 0 Å². The standard InChI is InChI=1S/C15H17NO4/c1-10-11(6-7-20-10)9-16(2)15(18)13-5-4-12(19-3)8-14(13)17/h4-8,17H,9H2,1-3H3. The molecule has 1 heterocycles. The lowest BCUT2D eigenvalue weighted by Crippen LogP contribution is -2.26. The second-order valence-corrected chi connectivity index (χ2v) is 4.55. The molecule has 5 nitrogen and oxygen atoms in total. The van der Waals surface area contributed by atoms with Crippen LogP contribution in [0.5, 0.6) is 11.5 Å². The molecular formula is C15H17NO4. The van der Waals surface area contributed by atoms with Crippen molar-refractivity contribution >= 4 is 5.91 Å². The van der Waals surface area contributed by atoms with E-state index in [1.165, 1.54) is 18.1 Å². The van der Waals surface area contributed by atoms with Crippen LogP contribution in [-0.4, -0.2) is 30.1 Å². The zero-order valence-corrected chi connectivity index (χ0v) is 11.7. The van der Waals surface area contributed by atoms with E-state index in [-0.39, 0.29) is 17.2 Å². The van der Waals surface area contributed by atoms with Gasteiger partial charge in [0.15, 0.2) is 0 Å². The van der Waals surface area contributed by atoms with E-state index in [4.69, 9.17) is 9.15 Å². The molecule has 1 aromatic heterocycles. The topological polar surface area (TPSA) is 62.9 Å². The van der Waals surface area contributed by atoms with Gasteiger partial charge in [-0.25, -0.2) is 0 Å². The monoisotopic (exact) mass is 275 g/mol. The van der Waals surface area contributed by atoms with Crippen LogP contribution >= 0.6 is 0 Å². The number of rotatable bonds is 4. The molecule has 0 bridgehead atoms. The Kier molecular flexibility index (Phi) is 3.98. The van der Waals surface area contributed by atoms with Crippen LogP contribution < -0.4 is 4.74 Å². The van der Waals surface area contributed by atoms with E-state index in [0.717, 1.165) is 11.3 Å². The lowest BCUT2D eigenvalue weighted by atomic mass is 10.1. The molecule has 0 aliphatic rings. The Morgan fingerprint density at radius 2 is 2.15 bits per heavy atom. The van der Waals surface area contributed by atoms with Crippen molar-refractivity contribution in [2.24, 2.45) is 0 Å². The minimum Gasteiger partial charge on any atom is -0.507 e. The fraction of sp³-hybridized carbons (Fsp3) is 0.267. The molecule has 0 spiro atoms. The summed E-state index contributed by atoms with van der Waals surface area (Å²) < 4.78 is 10.2. The van der Waals surface area contributed by atoms with Crippen LogP contribution in [0.3, 0.4) is 0 Å². The number of amides is 1. The van der Waals surface area contributed by atoms with Crippen molar-refractivity contribution in [3.8, 4) is 11.5 Å². The Morgan fingerprint density at radius 3 is 2.70 bits per heavy atom. The van der Waals surface area contributed by atoms with E-state index in [1.54, 1.807) is 25.4 Å². The molecule has 5 heteroatoms. The van der Waals surface area contributed by atoms with Crippen LogP contribution in [0.4, 0.5) is 0 Å². The first-order chi connectivity index (χ1) is 9.52. The molecule has 0 atom stereocenters. The number of furan rings is 1. The smallest absolute Gasteiger partial charge is 0.257 e. The molecule has 0 saturated carbocycles. The first-order valence-electron chi connectivity index (χ1n) is 6.18. The number of nitrogens with zero attached hydrogens (tertiary/aromatic N) is 1. The third-order valence-corrected chi connectivity index (χ3v) is 3.16. The van der Waals surface area contributed by atoms with Crippen LogP contribution in [0.15, 0.2) is 34.9 Å². The largest absolute Gasteiger partial charge is 0.507 e. The first kappa shape index (κ1) is 14.0. The Hall–Kier alpha value is -2.43. The van der Waals surface area contributed by atoms with Crippen LogP contribution in [0.25, 0.3) is 0 Å². The van der Waals surface area contributed by atoms with Crippen molar-refractivity contribution in [2.75, 3.05) is 14.2 Å². The summed E-state index contributed by atoms with van der Waals surface area (Å²) in [6, 6.07) is 6.44. The Bertz CT molecular complexity index is 618. The highest BCUT2D eigenvalue weighted by Crippen LogP contribution is 2.25. The number of carbonyl (C=O) groups excluding carboxylic acids is 1. The molecule has 20 heavy (non-hydrogen) atoms. The molecule has 0 fully saturated rings. The van der Waals surface area contributed by atoms with E-state index in [2.05, 4.69) is 0 Å². The minimum atomic E-state index is -0.259. The van der Waals surface area contributed by atoms with E-state index in [9.17, 15) is 9.90 Å². The second kappa shape index (κ2) is 5.69. The lowest BCUT2D eigenvalue weighted by Gasteiger charge is -2.17. The van der Waals surface area contributed by atoms with Crippen molar-refractivity contribution in [1.29, 1.82) is 0 Å². The number of hydrogen-bond donors (Lipinski definition) is 1. The number of ether oxygens (including phenoxy) is 1. The highest BCUT2D eigenvalue weighted by Gasteiger charge is 2.17. The van der Waals surface area contributed by atoms with Gasteiger partial charge < -0.3 is 19.2 Å². The third kappa shape index (κ3) is 2.77. The van der Waals surface area contributed by atoms with Crippen molar-refractivity contribution in [1.82, 2.24) is 4.90 Å². The van der Waals surface area contributed by atoms with E-state index in [0.29, 0.717) is 12.3 Å². The predicted octanol–water partition coefficient (Wildman–Crippen LogP) is 2.57. The summed E-state index contributed by atoms with van der Waals surface area (Å²) in [6.45, 7) is 2.27. The van der Waals surface area contributed by atoms with Crippen LogP contribution in [0, 0.1) is 6.92 Å². The number of phenols is 1. The molecule has 106 valence electrons. The summed E-state index contributed by atoms with van der Waals surface area (Å²) in [5.41, 5.74) is 1.18. The molecule has 0 aliphatic carbocycles. The number of methoxy groups -OCH3 is 1. The van der Waals surface area contributed by atoms with Gasteiger partial charge in [0.1, 0.15) is 17.3 Å². The predicted molar refractivity (Wildman–Crippen MR) is 73.9 cm³/mol. The number of aryl methyl sites for hydroxylation is 1. The van der Waals surface area contributed by atoms with Crippen LogP contribution in [0.1, 0.15) is 21.7 Å². The second-order valence-electron chi connectivity index (χ2n) is 4.55. The van der Waals surface area contributed by atoms with Gasteiger partial charge in [-0.3, -0.25) is 4.79 Å². The van der Waals surface area contributed by atoms with Gasteiger partial charge >= 0.3 is 0 Å². The van der Waals surface area contributed by atoms with Crippen molar-refractivity contribution in [2.45, 2.75) is 13.5 Å². The van der Waals surface area contributed by atoms with Gasteiger partial charge in [0.25, 0.3) is 5.91 Å². The van der Waals surface area contributed by atoms with Crippen LogP contribution in [0.2, 0.25) is 0 Å². The molecule has 2 rings (SSSR count). The normalized spacial score (nSPS) is 10.3. The summed E-state index contributed by atoms with van der Waals surface area (Å²) in [5, 5.41) is 9.88. The number of phenolic OH excluding ortho intramolecular Hbond substituents is 1.